The third kappa shape index (κ3) is 2.10. The van der Waals surface area contributed by atoms with Gasteiger partial charge in [0.05, 0.1) is 0 Å². The molecule has 1 aliphatic heterocycles. The molecule has 0 aromatic rings. The minimum atomic E-state index is -4.26. The van der Waals surface area contributed by atoms with Crippen LogP contribution in [0.25, 0.3) is 0 Å². The monoisotopic (exact) mass is 182 g/mol. The molecule has 1 N–H and O–H groups in total. The zero-order valence-corrected chi connectivity index (χ0v) is 6.27. The molecule has 12 heavy (non-hydrogen) atoms. The maximum absolute atomic E-state index is 12.0. The largest absolute Gasteiger partial charge is 0.405 e. The third-order valence-corrected chi connectivity index (χ3v) is 1.75. The van der Waals surface area contributed by atoms with Crippen LogP contribution in [-0.4, -0.2) is 43.2 Å². The number of piperazine rings is 1. The van der Waals surface area contributed by atoms with Crippen molar-refractivity contribution in [1.29, 1.82) is 0 Å². The fraction of sp³-hybridized carbons (Fsp3) is 0.833. The van der Waals surface area contributed by atoms with Crippen LogP contribution in [0.3, 0.4) is 0 Å². The SMILES string of the molecule is O=CN1CCNC(C(F)(F)F)C1. The Morgan fingerprint density at radius 2 is 2.17 bits per heavy atom. The number of nitrogens with zero attached hydrogens (tertiary/aromatic N) is 1. The quantitative estimate of drug-likeness (QED) is 0.578. The highest BCUT2D eigenvalue weighted by Gasteiger charge is 2.41. The number of nitrogens with one attached hydrogen (secondary N) is 1. The van der Waals surface area contributed by atoms with Crippen molar-refractivity contribution < 1.29 is 18.0 Å². The van der Waals surface area contributed by atoms with Crippen LogP contribution in [0, 0.1) is 0 Å². The first-order chi connectivity index (χ1) is 5.54. The molecule has 0 aromatic heterocycles. The van der Waals surface area contributed by atoms with E-state index < -0.39 is 12.2 Å². The fourth-order valence-electron chi connectivity index (χ4n) is 1.09. The summed E-state index contributed by atoms with van der Waals surface area (Å²) in [5, 5.41) is 2.30. The topological polar surface area (TPSA) is 32.3 Å². The Kier molecular flexibility index (Phi) is 2.56. The second kappa shape index (κ2) is 3.30. The van der Waals surface area contributed by atoms with Crippen LogP contribution in [0.1, 0.15) is 0 Å². The van der Waals surface area contributed by atoms with E-state index in [2.05, 4.69) is 5.32 Å². The normalized spacial score (nSPS) is 25.6. The number of halogens is 3. The van der Waals surface area contributed by atoms with E-state index in [0.717, 1.165) is 4.90 Å². The zero-order valence-electron chi connectivity index (χ0n) is 6.27. The second-order valence-electron chi connectivity index (χ2n) is 2.65. The third-order valence-electron chi connectivity index (χ3n) is 1.75. The molecule has 3 nitrogen and oxygen atoms in total. The summed E-state index contributed by atoms with van der Waals surface area (Å²) in [6, 6.07) is -1.57. The maximum atomic E-state index is 12.0. The van der Waals surface area contributed by atoms with Crippen LogP contribution in [0.2, 0.25) is 0 Å². The zero-order chi connectivity index (χ0) is 9.19. The van der Waals surface area contributed by atoms with Crippen molar-refractivity contribution in [2.75, 3.05) is 19.6 Å². The van der Waals surface area contributed by atoms with Crippen molar-refractivity contribution in [3.63, 3.8) is 0 Å². The predicted octanol–water partition coefficient (Wildman–Crippen LogP) is -0.0211. The number of carbonyl (C=O) groups is 1. The van der Waals surface area contributed by atoms with Gasteiger partial charge in [-0.3, -0.25) is 4.79 Å². The van der Waals surface area contributed by atoms with E-state index in [-0.39, 0.29) is 13.1 Å². The molecular weight excluding hydrogens is 173 g/mol. The van der Waals surface area contributed by atoms with Gasteiger partial charge in [0.2, 0.25) is 6.41 Å². The molecule has 1 atom stereocenters. The summed E-state index contributed by atoms with van der Waals surface area (Å²) in [5.74, 6) is 0. The number of hydrogen-bond donors (Lipinski definition) is 1. The van der Waals surface area contributed by atoms with Crippen molar-refractivity contribution in [3.05, 3.63) is 0 Å². The van der Waals surface area contributed by atoms with E-state index in [1.165, 1.54) is 0 Å². The molecule has 70 valence electrons. The van der Waals surface area contributed by atoms with Crippen molar-refractivity contribution in [2.24, 2.45) is 0 Å². The van der Waals surface area contributed by atoms with Crippen LogP contribution in [0.5, 0.6) is 0 Å². The number of carbonyl (C=O) groups excluding carboxylic acids is 1. The average Bonchev–Trinajstić information content (AvgIpc) is 2.03. The molecule has 1 rings (SSSR count). The van der Waals surface area contributed by atoms with Gasteiger partial charge in [0.25, 0.3) is 0 Å². The number of rotatable bonds is 1. The van der Waals surface area contributed by atoms with E-state index in [4.69, 9.17) is 0 Å². The van der Waals surface area contributed by atoms with E-state index in [1.54, 1.807) is 0 Å². The summed E-state index contributed by atoms with van der Waals surface area (Å²) in [5.41, 5.74) is 0. The Morgan fingerprint density at radius 1 is 1.50 bits per heavy atom. The molecular formula is C6H9F3N2O. The molecule has 0 saturated carbocycles. The maximum Gasteiger partial charge on any atom is 0.405 e. The molecule has 0 aromatic carbocycles. The van der Waals surface area contributed by atoms with Gasteiger partial charge in [-0.25, -0.2) is 0 Å². The summed E-state index contributed by atoms with van der Waals surface area (Å²) in [6.07, 6.45) is -3.82. The second-order valence-corrected chi connectivity index (χ2v) is 2.65. The number of alkyl halides is 3. The molecule has 6 heteroatoms. The Balaban J connectivity index is 2.51. The van der Waals surface area contributed by atoms with Crippen molar-refractivity contribution >= 4 is 6.41 Å². The first-order valence-corrected chi connectivity index (χ1v) is 3.53. The van der Waals surface area contributed by atoms with Crippen molar-refractivity contribution in [3.8, 4) is 0 Å². The first-order valence-electron chi connectivity index (χ1n) is 3.53. The number of hydrogen-bond acceptors (Lipinski definition) is 2. The van der Waals surface area contributed by atoms with Gasteiger partial charge in [-0.15, -0.1) is 0 Å². The number of amides is 1. The summed E-state index contributed by atoms with van der Waals surface area (Å²) in [4.78, 5) is 11.3. The van der Waals surface area contributed by atoms with Gasteiger partial charge in [-0.05, 0) is 0 Å². The van der Waals surface area contributed by atoms with Gasteiger partial charge in [0.1, 0.15) is 6.04 Å². The average molecular weight is 182 g/mol. The molecule has 0 aliphatic carbocycles. The van der Waals surface area contributed by atoms with Crippen LogP contribution < -0.4 is 5.32 Å². The highest BCUT2D eigenvalue weighted by atomic mass is 19.4. The highest BCUT2D eigenvalue weighted by molar-refractivity contribution is 5.47. The van der Waals surface area contributed by atoms with Gasteiger partial charge >= 0.3 is 6.18 Å². The molecule has 1 saturated heterocycles. The standard InChI is InChI=1S/C6H9F3N2O/c7-6(8,9)5-3-11(4-12)2-1-10-5/h4-5,10H,1-3H2. The van der Waals surface area contributed by atoms with Crippen LogP contribution in [0.4, 0.5) is 13.2 Å². The minimum absolute atomic E-state index is 0.197. The van der Waals surface area contributed by atoms with Gasteiger partial charge in [-0.1, -0.05) is 0 Å². The molecule has 0 radical (unpaired) electrons. The van der Waals surface area contributed by atoms with Crippen LogP contribution in [-0.2, 0) is 4.79 Å². The van der Waals surface area contributed by atoms with Gasteiger partial charge in [0, 0.05) is 19.6 Å². The van der Waals surface area contributed by atoms with Gasteiger partial charge in [0.15, 0.2) is 0 Å². The Hall–Kier alpha value is -0.780. The van der Waals surface area contributed by atoms with Gasteiger partial charge in [-0.2, -0.15) is 13.2 Å². The molecule has 0 spiro atoms. The van der Waals surface area contributed by atoms with E-state index in [1.807, 2.05) is 0 Å². The smallest absolute Gasteiger partial charge is 0.342 e. The van der Waals surface area contributed by atoms with Crippen LogP contribution >= 0.6 is 0 Å². The van der Waals surface area contributed by atoms with Crippen LogP contribution in [0.15, 0.2) is 0 Å². The first kappa shape index (κ1) is 9.31. The molecule has 1 amide bonds. The predicted molar refractivity (Wildman–Crippen MR) is 35.5 cm³/mol. The summed E-state index contributed by atoms with van der Waals surface area (Å²) in [7, 11) is 0. The molecule has 1 heterocycles. The van der Waals surface area contributed by atoms with E-state index in [0.29, 0.717) is 13.0 Å². The van der Waals surface area contributed by atoms with Gasteiger partial charge < -0.3 is 10.2 Å². The molecule has 1 aliphatic rings. The summed E-state index contributed by atoms with van der Waals surface area (Å²) >= 11 is 0. The Morgan fingerprint density at radius 3 is 2.67 bits per heavy atom. The lowest BCUT2D eigenvalue weighted by molar-refractivity contribution is -0.165. The fourth-order valence-corrected chi connectivity index (χ4v) is 1.09. The molecule has 1 fully saturated rings. The summed E-state index contributed by atoms with van der Waals surface area (Å²) < 4.78 is 36.1. The van der Waals surface area contributed by atoms with E-state index in [9.17, 15) is 18.0 Å². The van der Waals surface area contributed by atoms with E-state index >= 15 is 0 Å². The molecule has 0 bridgehead atoms. The highest BCUT2D eigenvalue weighted by Crippen LogP contribution is 2.21. The minimum Gasteiger partial charge on any atom is -0.342 e. The lowest BCUT2D eigenvalue weighted by Crippen LogP contribution is -2.56. The Bertz CT molecular complexity index is 171. The lowest BCUT2D eigenvalue weighted by atomic mass is 10.2. The Labute approximate surface area is 67.5 Å². The van der Waals surface area contributed by atoms with Crippen molar-refractivity contribution in [2.45, 2.75) is 12.2 Å². The summed E-state index contributed by atoms with van der Waals surface area (Å²) in [6.45, 7) is 0.256. The molecule has 1 unspecified atom stereocenters. The van der Waals surface area contributed by atoms with Crippen molar-refractivity contribution in [1.82, 2.24) is 10.2 Å². The lowest BCUT2D eigenvalue weighted by Gasteiger charge is -2.32.